The molecule has 0 saturated heterocycles. The molecule has 0 heterocycles. The molecule has 0 spiro atoms. The van der Waals surface area contributed by atoms with Gasteiger partial charge in [-0.25, -0.2) is 0 Å². The van der Waals surface area contributed by atoms with E-state index in [0.29, 0.717) is 5.92 Å². The molecule has 0 N–H and O–H groups in total. The summed E-state index contributed by atoms with van der Waals surface area (Å²) in [5.41, 5.74) is 0.117. The van der Waals surface area contributed by atoms with E-state index in [1.165, 1.54) is 38.5 Å². The Labute approximate surface area is 110 Å². The first-order chi connectivity index (χ1) is 8.64. The molecule has 98 valence electrons. The highest BCUT2D eigenvalue weighted by atomic mass is 16.5. The number of fused-ring (bicyclic) bond motifs is 4. The number of hydrogen-bond acceptors (Lipinski definition) is 1. The molecule has 0 amide bonds. The molecule has 6 unspecified atom stereocenters. The van der Waals surface area contributed by atoms with Crippen molar-refractivity contribution in [1.82, 2.24) is 0 Å². The first-order valence-electron chi connectivity index (χ1n) is 7.70. The van der Waals surface area contributed by atoms with Gasteiger partial charge in [-0.2, -0.15) is 0 Å². The van der Waals surface area contributed by atoms with Gasteiger partial charge in [-0.3, -0.25) is 0 Å². The van der Waals surface area contributed by atoms with Crippen molar-refractivity contribution in [2.75, 3.05) is 0 Å². The molecule has 4 aliphatic carbocycles. The normalized spacial score (nSPS) is 52.2. The Morgan fingerprint density at radius 1 is 1.22 bits per heavy atom. The average Bonchev–Trinajstić information content (AvgIpc) is 3.07. The molecular weight excluding hydrogens is 220 g/mol. The van der Waals surface area contributed by atoms with Crippen LogP contribution in [0.4, 0.5) is 0 Å². The van der Waals surface area contributed by atoms with Gasteiger partial charge in [0.15, 0.2) is 0 Å². The summed E-state index contributed by atoms with van der Waals surface area (Å²) >= 11 is 0. The molecule has 6 atom stereocenters. The molecule has 0 aromatic heterocycles. The van der Waals surface area contributed by atoms with Crippen LogP contribution in [0.2, 0.25) is 0 Å². The van der Waals surface area contributed by atoms with Crippen LogP contribution in [0.15, 0.2) is 24.5 Å². The van der Waals surface area contributed by atoms with Crippen LogP contribution in [-0.4, -0.2) is 5.60 Å². The lowest BCUT2D eigenvalue weighted by Gasteiger charge is -2.37. The standard InChI is InChI=1S/C17H24O/c1-11(16-9-12-3-5-14(16)7-12)18-17(2)10-13-4-6-15(17)8-13/h3,5,12-16H,1,4,6-10H2,2H3. The Morgan fingerprint density at radius 2 is 2.11 bits per heavy atom. The first kappa shape index (κ1) is 11.1. The Hall–Kier alpha value is -0.720. The molecule has 0 aromatic rings. The number of allylic oxidation sites excluding steroid dienone is 3. The molecule has 4 rings (SSSR count). The summed E-state index contributed by atoms with van der Waals surface area (Å²) in [5, 5.41) is 0. The van der Waals surface area contributed by atoms with Gasteiger partial charge in [0.25, 0.3) is 0 Å². The van der Waals surface area contributed by atoms with Crippen LogP contribution in [0, 0.1) is 29.6 Å². The number of rotatable bonds is 3. The van der Waals surface area contributed by atoms with Gasteiger partial charge in [0.05, 0.1) is 5.76 Å². The number of hydrogen-bond donors (Lipinski definition) is 0. The molecule has 3 fully saturated rings. The topological polar surface area (TPSA) is 9.23 Å². The monoisotopic (exact) mass is 244 g/mol. The van der Waals surface area contributed by atoms with Crippen molar-refractivity contribution < 1.29 is 4.74 Å². The van der Waals surface area contributed by atoms with Crippen molar-refractivity contribution in [2.24, 2.45) is 29.6 Å². The van der Waals surface area contributed by atoms with Crippen LogP contribution in [0.3, 0.4) is 0 Å². The van der Waals surface area contributed by atoms with Gasteiger partial charge >= 0.3 is 0 Å². The average molecular weight is 244 g/mol. The summed E-state index contributed by atoms with van der Waals surface area (Å²) < 4.78 is 6.44. The molecule has 0 aromatic carbocycles. The summed E-state index contributed by atoms with van der Waals surface area (Å²) in [6.45, 7) is 6.63. The number of ether oxygens (including phenoxy) is 1. The van der Waals surface area contributed by atoms with Crippen molar-refractivity contribution in [1.29, 1.82) is 0 Å². The zero-order valence-corrected chi connectivity index (χ0v) is 11.4. The van der Waals surface area contributed by atoms with Crippen molar-refractivity contribution in [3.05, 3.63) is 24.5 Å². The van der Waals surface area contributed by atoms with Gasteiger partial charge in [-0.15, -0.1) is 0 Å². The van der Waals surface area contributed by atoms with Gasteiger partial charge in [0, 0.05) is 5.92 Å². The van der Waals surface area contributed by atoms with E-state index in [2.05, 4.69) is 25.7 Å². The molecule has 3 saturated carbocycles. The van der Waals surface area contributed by atoms with E-state index in [9.17, 15) is 0 Å². The minimum atomic E-state index is 0.117. The van der Waals surface area contributed by atoms with Crippen molar-refractivity contribution in [2.45, 2.75) is 51.0 Å². The van der Waals surface area contributed by atoms with Gasteiger partial charge < -0.3 is 4.74 Å². The largest absolute Gasteiger partial charge is 0.492 e. The van der Waals surface area contributed by atoms with Crippen LogP contribution in [0.5, 0.6) is 0 Å². The third-order valence-electron chi connectivity index (χ3n) is 6.16. The van der Waals surface area contributed by atoms with E-state index in [4.69, 9.17) is 4.74 Å². The second-order valence-electron chi connectivity index (χ2n) is 7.35. The zero-order chi connectivity index (χ0) is 12.3. The molecule has 1 nitrogen and oxygen atoms in total. The minimum absolute atomic E-state index is 0.117. The lowest BCUT2D eigenvalue weighted by atomic mass is 9.85. The van der Waals surface area contributed by atoms with E-state index >= 15 is 0 Å². The molecule has 0 aliphatic heterocycles. The smallest absolute Gasteiger partial charge is 0.109 e. The fourth-order valence-electron chi connectivity index (χ4n) is 5.21. The molecule has 4 bridgehead atoms. The van der Waals surface area contributed by atoms with Crippen LogP contribution >= 0.6 is 0 Å². The van der Waals surface area contributed by atoms with Gasteiger partial charge in [-0.1, -0.05) is 18.7 Å². The van der Waals surface area contributed by atoms with Crippen LogP contribution < -0.4 is 0 Å². The summed E-state index contributed by atoms with van der Waals surface area (Å²) in [6, 6.07) is 0. The van der Waals surface area contributed by atoms with Crippen molar-refractivity contribution in [3.8, 4) is 0 Å². The molecule has 0 radical (unpaired) electrons. The summed E-state index contributed by atoms with van der Waals surface area (Å²) in [7, 11) is 0. The highest BCUT2D eigenvalue weighted by molar-refractivity contribution is 5.17. The second kappa shape index (κ2) is 3.65. The lowest BCUT2D eigenvalue weighted by molar-refractivity contribution is -0.0407. The maximum atomic E-state index is 6.44. The highest BCUT2D eigenvalue weighted by Crippen LogP contribution is 2.55. The maximum absolute atomic E-state index is 6.44. The Morgan fingerprint density at radius 3 is 2.67 bits per heavy atom. The quantitative estimate of drug-likeness (QED) is 0.531. The fraction of sp³-hybridized carbons (Fsp3) is 0.765. The van der Waals surface area contributed by atoms with Gasteiger partial charge in [0.2, 0.25) is 0 Å². The molecule has 4 aliphatic rings. The lowest BCUT2D eigenvalue weighted by Crippen LogP contribution is -2.36. The fourth-order valence-corrected chi connectivity index (χ4v) is 5.21. The van der Waals surface area contributed by atoms with Crippen molar-refractivity contribution in [3.63, 3.8) is 0 Å². The predicted molar refractivity (Wildman–Crippen MR) is 72.9 cm³/mol. The molecular formula is C17H24O. The Kier molecular flexibility index (Phi) is 2.26. The van der Waals surface area contributed by atoms with E-state index in [-0.39, 0.29) is 5.60 Å². The predicted octanol–water partition coefficient (Wildman–Crippen LogP) is 4.31. The van der Waals surface area contributed by atoms with Crippen LogP contribution in [-0.2, 0) is 4.74 Å². The van der Waals surface area contributed by atoms with Gasteiger partial charge in [-0.05, 0) is 69.1 Å². The highest BCUT2D eigenvalue weighted by Gasteiger charge is 2.51. The van der Waals surface area contributed by atoms with Gasteiger partial charge in [0.1, 0.15) is 5.60 Å². The van der Waals surface area contributed by atoms with E-state index in [0.717, 1.165) is 29.4 Å². The minimum Gasteiger partial charge on any atom is -0.492 e. The third kappa shape index (κ3) is 1.52. The molecule has 1 heteroatoms. The first-order valence-corrected chi connectivity index (χ1v) is 7.70. The zero-order valence-electron chi connectivity index (χ0n) is 11.4. The summed E-state index contributed by atoms with van der Waals surface area (Å²) in [4.78, 5) is 0. The van der Waals surface area contributed by atoms with E-state index in [1.807, 2.05) is 0 Å². The SMILES string of the molecule is C=C(OC1(C)CC2CCC1C2)C1CC2C=CC1C2. The third-order valence-corrected chi connectivity index (χ3v) is 6.16. The second-order valence-corrected chi connectivity index (χ2v) is 7.35. The Balaban J connectivity index is 1.46. The molecule has 18 heavy (non-hydrogen) atoms. The maximum Gasteiger partial charge on any atom is 0.109 e. The summed E-state index contributed by atoms with van der Waals surface area (Å²) in [5.74, 6) is 4.98. The van der Waals surface area contributed by atoms with Crippen molar-refractivity contribution >= 4 is 0 Å². The van der Waals surface area contributed by atoms with E-state index < -0.39 is 0 Å². The summed E-state index contributed by atoms with van der Waals surface area (Å²) in [6.07, 6.45) is 12.9. The van der Waals surface area contributed by atoms with Crippen LogP contribution in [0.25, 0.3) is 0 Å². The van der Waals surface area contributed by atoms with Crippen LogP contribution in [0.1, 0.15) is 45.4 Å². The Bertz CT molecular complexity index is 410. The van der Waals surface area contributed by atoms with E-state index in [1.54, 1.807) is 0 Å².